The molecule has 2 rings (SSSR count). The van der Waals surface area contributed by atoms with Crippen LogP contribution in [-0.4, -0.2) is 358 Å². The van der Waals surface area contributed by atoms with Gasteiger partial charge in [-0.3, -0.25) is 28.8 Å². The van der Waals surface area contributed by atoms with Crippen LogP contribution in [-0.2, 0) is 99.8 Å². The molecule has 96 heavy (non-hydrogen) atoms. The molecule has 6 amide bonds. The van der Waals surface area contributed by atoms with E-state index in [0.717, 1.165) is 0 Å². The third kappa shape index (κ3) is 39.0. The molecular formula is C59H111N7O30. The van der Waals surface area contributed by atoms with Crippen LogP contribution in [0.5, 0.6) is 0 Å². The van der Waals surface area contributed by atoms with Gasteiger partial charge in [0.15, 0.2) is 25.2 Å². The molecule has 0 spiro atoms. The third-order valence-electron chi connectivity index (χ3n) is 14.6. The second-order valence-corrected chi connectivity index (χ2v) is 22.2. The second-order valence-electron chi connectivity index (χ2n) is 22.2. The number of hydrogen-bond acceptors (Lipinski definition) is 31. The maximum absolute atomic E-state index is 13.1. The highest BCUT2D eigenvalue weighted by atomic mass is 16.7. The van der Waals surface area contributed by atoms with Gasteiger partial charge in [-0.15, -0.1) is 0 Å². The van der Waals surface area contributed by atoms with Crippen LogP contribution in [0.2, 0.25) is 0 Å². The van der Waals surface area contributed by atoms with E-state index < -0.39 is 122 Å². The maximum Gasteiger partial charge on any atom is 0.220 e. The summed E-state index contributed by atoms with van der Waals surface area (Å²) in [5.74, 6) is -2.27. The number of rotatable bonds is 59. The molecule has 2 aliphatic heterocycles. The zero-order valence-electron chi connectivity index (χ0n) is 56.0. The Morgan fingerprint density at radius 2 is 0.781 bits per heavy atom. The Hall–Kier alpha value is -4.18. The molecule has 0 aliphatic carbocycles. The van der Waals surface area contributed by atoms with Gasteiger partial charge in [-0.1, -0.05) is 0 Å². The first kappa shape index (κ1) is 87.9. The molecule has 2 fully saturated rings. The van der Waals surface area contributed by atoms with Gasteiger partial charge < -0.3 is 154 Å². The number of carbonyl (C=O) groups excluding carboxylic acids is 6. The molecular weight excluding hydrogens is 1290 g/mol. The zero-order chi connectivity index (χ0) is 70.9. The van der Waals surface area contributed by atoms with Crippen molar-refractivity contribution >= 4 is 35.4 Å². The third-order valence-corrected chi connectivity index (χ3v) is 14.6. The van der Waals surface area contributed by atoms with Crippen molar-refractivity contribution in [2.45, 2.75) is 158 Å². The average Bonchev–Trinajstić information content (AvgIpc) is 0.847. The number of amides is 6. The maximum atomic E-state index is 13.1. The van der Waals surface area contributed by atoms with Gasteiger partial charge in [-0.2, -0.15) is 0 Å². The van der Waals surface area contributed by atoms with Gasteiger partial charge in [-0.05, 0) is 33.2 Å². The molecule has 562 valence electrons. The van der Waals surface area contributed by atoms with Crippen LogP contribution in [0.25, 0.3) is 0 Å². The Balaban J connectivity index is 1.73. The van der Waals surface area contributed by atoms with Crippen LogP contribution in [0.15, 0.2) is 0 Å². The number of ether oxygens (including phenoxy) is 15. The summed E-state index contributed by atoms with van der Waals surface area (Å²) in [4.78, 5) is 74.1. The van der Waals surface area contributed by atoms with Crippen molar-refractivity contribution in [3.8, 4) is 0 Å². The van der Waals surface area contributed by atoms with Crippen molar-refractivity contribution in [3.63, 3.8) is 0 Å². The second kappa shape index (κ2) is 53.7. The van der Waals surface area contributed by atoms with E-state index in [2.05, 4.69) is 37.2 Å². The van der Waals surface area contributed by atoms with Crippen molar-refractivity contribution in [2.75, 3.05) is 185 Å². The van der Waals surface area contributed by atoms with Crippen molar-refractivity contribution in [1.82, 2.24) is 37.2 Å². The summed E-state index contributed by atoms with van der Waals surface area (Å²) < 4.78 is 83.2. The zero-order valence-corrected chi connectivity index (χ0v) is 56.0. The fraction of sp³-hybridized carbons (Fsp3) is 0.898. The summed E-state index contributed by atoms with van der Waals surface area (Å²) in [5.41, 5.74) is -0.792. The first-order valence-corrected chi connectivity index (χ1v) is 32.3. The Morgan fingerprint density at radius 1 is 0.458 bits per heavy atom. The molecule has 37 heteroatoms. The molecule has 37 nitrogen and oxygen atoms in total. The molecule has 0 aromatic carbocycles. The smallest absolute Gasteiger partial charge is 0.220 e. The lowest BCUT2D eigenvalue weighted by molar-refractivity contribution is -0.272. The highest BCUT2D eigenvalue weighted by Gasteiger charge is 2.47. The SMILES string of the molecule is CNC(CCC(=O)NCCOCCOCCOCCOC(OC(C)CO)C(NC(C)=O)C(O)O)(CCC(=O)NCCOCCOCCOCCOC1OC(CO)C(O)C(O)C1NC(C)=O)CCC(=O)NCCOCCOCCOCCOC1OC(CO)C(O)C(O)C1NC(C)=O. The molecule has 0 radical (unpaired) electrons. The molecule has 0 aromatic heterocycles. The van der Waals surface area contributed by atoms with Gasteiger partial charge >= 0.3 is 0 Å². The fourth-order valence-electron chi connectivity index (χ4n) is 9.40. The number of aliphatic hydroxyl groups excluding tert-OH is 8. The minimum Gasteiger partial charge on any atom is -0.394 e. The lowest BCUT2D eigenvalue weighted by Gasteiger charge is -2.42. The number of carbonyl (C=O) groups is 6. The normalized spacial score (nSPS) is 22.8. The topological polar surface area (TPSA) is 507 Å². The Labute approximate surface area is 560 Å². The van der Waals surface area contributed by atoms with E-state index in [1.54, 1.807) is 14.0 Å². The van der Waals surface area contributed by atoms with Gasteiger partial charge in [0.25, 0.3) is 0 Å². The highest BCUT2D eigenvalue weighted by Crippen LogP contribution is 2.27. The first-order valence-electron chi connectivity index (χ1n) is 32.3. The highest BCUT2D eigenvalue weighted by molar-refractivity contribution is 5.78. The van der Waals surface area contributed by atoms with Gasteiger partial charge in [0, 0.05) is 65.2 Å². The molecule has 16 N–H and O–H groups in total. The molecule has 0 aromatic rings. The Morgan fingerprint density at radius 3 is 1.07 bits per heavy atom. The van der Waals surface area contributed by atoms with E-state index in [1.165, 1.54) is 20.8 Å². The van der Waals surface area contributed by atoms with Crippen LogP contribution in [0.4, 0.5) is 0 Å². The average molecular weight is 1400 g/mol. The molecule has 2 aliphatic rings. The molecule has 2 heterocycles. The van der Waals surface area contributed by atoms with Crippen LogP contribution < -0.4 is 37.2 Å². The van der Waals surface area contributed by atoms with Crippen LogP contribution in [0.1, 0.15) is 66.2 Å². The van der Waals surface area contributed by atoms with E-state index in [4.69, 9.17) is 71.1 Å². The van der Waals surface area contributed by atoms with Gasteiger partial charge in [0.2, 0.25) is 35.4 Å². The molecule has 13 atom stereocenters. The quantitative estimate of drug-likeness (QED) is 0.0199. The van der Waals surface area contributed by atoms with E-state index in [-0.39, 0.29) is 202 Å². The summed E-state index contributed by atoms with van der Waals surface area (Å²) in [6.45, 7) is 7.99. The number of aliphatic hydroxyl groups is 9. The predicted molar refractivity (Wildman–Crippen MR) is 332 cm³/mol. The molecule has 13 unspecified atom stereocenters. The van der Waals surface area contributed by atoms with E-state index >= 15 is 0 Å². The number of hydrogen-bond donors (Lipinski definition) is 16. The molecule has 0 saturated carbocycles. The van der Waals surface area contributed by atoms with E-state index in [9.17, 15) is 74.7 Å². The van der Waals surface area contributed by atoms with Crippen molar-refractivity contribution in [3.05, 3.63) is 0 Å². The monoisotopic (exact) mass is 1400 g/mol. The molecule has 0 bridgehead atoms. The fourth-order valence-corrected chi connectivity index (χ4v) is 9.40. The van der Waals surface area contributed by atoms with Crippen molar-refractivity contribution in [1.29, 1.82) is 0 Å². The number of nitrogens with one attached hydrogen (secondary N) is 7. The van der Waals surface area contributed by atoms with Crippen LogP contribution >= 0.6 is 0 Å². The molecule has 2 saturated heterocycles. The van der Waals surface area contributed by atoms with Crippen LogP contribution in [0, 0.1) is 0 Å². The van der Waals surface area contributed by atoms with Gasteiger partial charge in [0.1, 0.15) is 54.7 Å². The first-order chi connectivity index (χ1) is 46.1. The summed E-state index contributed by atoms with van der Waals surface area (Å²) >= 11 is 0. The van der Waals surface area contributed by atoms with E-state index in [1.807, 2.05) is 0 Å². The summed E-state index contributed by atoms with van der Waals surface area (Å²) in [7, 11) is 1.71. The Bertz CT molecular complexity index is 1980. The van der Waals surface area contributed by atoms with Crippen molar-refractivity contribution < 1.29 is 146 Å². The summed E-state index contributed by atoms with van der Waals surface area (Å²) in [6.07, 6.45) is -13.1. The van der Waals surface area contributed by atoms with Crippen molar-refractivity contribution in [2.24, 2.45) is 0 Å². The van der Waals surface area contributed by atoms with Gasteiger partial charge in [0.05, 0.1) is 165 Å². The largest absolute Gasteiger partial charge is 0.394 e. The predicted octanol–water partition coefficient (Wildman–Crippen LogP) is -7.74. The standard InChI is InChI=1S/C59H111N7O30/c1-39(36-67)94-58(50(55(80)81)66-42(4)72)93-35-32-90-29-26-87-23-20-84-17-14-63-47(75)8-11-59(60-5,9-6-45(73)61-12-15-82-18-21-85-24-27-88-30-33-91-56-48(64-40(2)70)53(78)51(76)43(37-68)95-56)10-7-46(74)62-13-16-83-19-22-86-25-28-89-31-34-92-57-49(65-41(3)71)54(79)52(77)44(38-69)96-57/h39,43-44,48-58,60,67-69,76-81H,6-38H2,1-5H3,(H,61,73)(H,62,74)(H,63,75)(H,64,70)(H,65,71)(H,66,72). The lowest BCUT2D eigenvalue weighted by atomic mass is 9.83. The Kier molecular flexibility index (Phi) is 49.2. The summed E-state index contributed by atoms with van der Waals surface area (Å²) in [6, 6.07) is -3.44. The van der Waals surface area contributed by atoms with Crippen LogP contribution in [0.3, 0.4) is 0 Å². The van der Waals surface area contributed by atoms with Gasteiger partial charge in [-0.25, -0.2) is 0 Å². The van der Waals surface area contributed by atoms with E-state index in [0.29, 0.717) is 19.3 Å². The minimum atomic E-state index is -2.00. The lowest BCUT2D eigenvalue weighted by Crippen LogP contribution is -2.64. The minimum absolute atomic E-state index is 0.0146. The summed E-state index contributed by atoms with van der Waals surface area (Å²) in [5, 5.41) is 108.